The third-order valence-corrected chi connectivity index (χ3v) is 3.62. The number of nitrogens with two attached hydrogens (primary N) is 1. The van der Waals surface area contributed by atoms with Crippen molar-refractivity contribution in [2.75, 3.05) is 11.9 Å². The lowest BCUT2D eigenvalue weighted by Gasteiger charge is -2.18. The van der Waals surface area contributed by atoms with Gasteiger partial charge in [0, 0.05) is 12.7 Å². The zero-order valence-electron chi connectivity index (χ0n) is 10.6. The third kappa shape index (κ3) is 1.69. The molecule has 0 heterocycles. The first kappa shape index (κ1) is 11.7. The highest BCUT2D eigenvalue weighted by molar-refractivity contribution is 5.93. The van der Waals surface area contributed by atoms with Crippen molar-refractivity contribution in [1.29, 1.82) is 5.41 Å². The Hall–Kier alpha value is -2.33. The summed E-state index contributed by atoms with van der Waals surface area (Å²) in [5.74, 6) is -0.0232. The van der Waals surface area contributed by atoms with Gasteiger partial charge in [0.1, 0.15) is 6.10 Å². The molecule has 1 aliphatic carbocycles. The van der Waals surface area contributed by atoms with Gasteiger partial charge in [-0.2, -0.15) is 0 Å². The van der Waals surface area contributed by atoms with Crippen LogP contribution in [-0.4, -0.2) is 18.1 Å². The largest absolute Gasteiger partial charge is 0.384 e. The van der Waals surface area contributed by atoms with E-state index in [0.717, 1.165) is 27.9 Å². The zero-order chi connectivity index (χ0) is 13.6. The van der Waals surface area contributed by atoms with Crippen LogP contribution in [-0.2, 0) is 0 Å². The summed E-state index contributed by atoms with van der Waals surface area (Å²) in [6.07, 6.45) is -0.605. The van der Waals surface area contributed by atoms with Crippen molar-refractivity contribution in [1.82, 2.24) is 0 Å². The molecule has 1 atom stereocenters. The van der Waals surface area contributed by atoms with E-state index in [2.05, 4.69) is 0 Å². The van der Waals surface area contributed by atoms with Crippen LogP contribution in [0.1, 0.15) is 17.2 Å². The minimum Gasteiger partial charge on any atom is -0.384 e. The molecule has 19 heavy (non-hydrogen) atoms. The fraction of sp³-hybridized carbons (Fsp3) is 0.133. The van der Waals surface area contributed by atoms with Gasteiger partial charge >= 0.3 is 0 Å². The third-order valence-electron chi connectivity index (χ3n) is 3.62. The Kier molecular flexibility index (Phi) is 2.54. The molecule has 0 spiro atoms. The standard InChI is InChI=1S/C15H15N3O/c1-18(15(16)17)9-6-7-11-10-4-2-3-5-12(10)14(19)13(11)8-9/h2-8,14,19H,1H3,(H3,16,17). The molecule has 2 aromatic rings. The average molecular weight is 253 g/mol. The van der Waals surface area contributed by atoms with E-state index in [1.54, 1.807) is 11.9 Å². The number of aliphatic hydroxyl groups is 1. The van der Waals surface area contributed by atoms with Crippen molar-refractivity contribution >= 4 is 11.6 Å². The number of nitrogens with one attached hydrogen (secondary N) is 1. The Bertz CT molecular complexity index is 666. The van der Waals surface area contributed by atoms with E-state index in [1.807, 2.05) is 42.5 Å². The Morgan fingerprint density at radius 1 is 1.16 bits per heavy atom. The molecular weight excluding hydrogens is 238 g/mol. The van der Waals surface area contributed by atoms with Crippen LogP contribution in [0.15, 0.2) is 42.5 Å². The van der Waals surface area contributed by atoms with Crippen LogP contribution in [0.2, 0.25) is 0 Å². The Morgan fingerprint density at radius 2 is 1.84 bits per heavy atom. The minimum absolute atomic E-state index is 0.0232. The van der Waals surface area contributed by atoms with Crippen molar-refractivity contribution in [2.24, 2.45) is 5.73 Å². The molecule has 1 unspecified atom stereocenters. The maximum Gasteiger partial charge on any atom is 0.192 e. The second-order valence-corrected chi connectivity index (χ2v) is 4.71. The van der Waals surface area contributed by atoms with Crippen LogP contribution in [0, 0.1) is 5.41 Å². The number of rotatable bonds is 1. The second-order valence-electron chi connectivity index (χ2n) is 4.71. The maximum atomic E-state index is 10.4. The summed E-state index contributed by atoms with van der Waals surface area (Å²) in [7, 11) is 1.73. The zero-order valence-corrected chi connectivity index (χ0v) is 10.6. The summed E-state index contributed by atoms with van der Waals surface area (Å²) in [5, 5.41) is 17.8. The van der Waals surface area contributed by atoms with Gasteiger partial charge < -0.3 is 15.7 Å². The van der Waals surface area contributed by atoms with E-state index in [-0.39, 0.29) is 5.96 Å². The first-order valence-electron chi connectivity index (χ1n) is 6.08. The van der Waals surface area contributed by atoms with Gasteiger partial charge in [0.2, 0.25) is 0 Å². The molecule has 0 bridgehead atoms. The Morgan fingerprint density at radius 3 is 2.58 bits per heavy atom. The lowest BCUT2D eigenvalue weighted by Crippen LogP contribution is -2.32. The molecular formula is C15H15N3O. The second kappa shape index (κ2) is 4.10. The van der Waals surface area contributed by atoms with Gasteiger partial charge in [0.15, 0.2) is 5.96 Å². The van der Waals surface area contributed by atoms with Gasteiger partial charge in [-0.1, -0.05) is 30.3 Å². The Balaban J connectivity index is 2.12. The first-order valence-corrected chi connectivity index (χ1v) is 6.08. The summed E-state index contributed by atoms with van der Waals surface area (Å²) in [6, 6.07) is 13.6. The molecule has 96 valence electrons. The van der Waals surface area contributed by atoms with Crippen LogP contribution in [0.5, 0.6) is 0 Å². The summed E-state index contributed by atoms with van der Waals surface area (Å²) < 4.78 is 0. The molecule has 4 heteroatoms. The molecule has 0 radical (unpaired) electrons. The molecule has 0 aliphatic heterocycles. The minimum atomic E-state index is -0.605. The summed E-state index contributed by atoms with van der Waals surface area (Å²) >= 11 is 0. The first-order chi connectivity index (χ1) is 9.09. The molecule has 0 aromatic heterocycles. The molecule has 0 saturated carbocycles. The predicted molar refractivity (Wildman–Crippen MR) is 76.3 cm³/mol. The van der Waals surface area contributed by atoms with Crippen molar-refractivity contribution < 1.29 is 5.11 Å². The van der Waals surface area contributed by atoms with Gasteiger partial charge in [-0.25, -0.2) is 0 Å². The van der Waals surface area contributed by atoms with E-state index >= 15 is 0 Å². The van der Waals surface area contributed by atoms with E-state index < -0.39 is 6.10 Å². The number of fused-ring (bicyclic) bond motifs is 3. The predicted octanol–water partition coefficient (Wildman–Crippen LogP) is 2.08. The van der Waals surface area contributed by atoms with Crippen molar-refractivity contribution in [3.8, 4) is 11.1 Å². The summed E-state index contributed by atoms with van der Waals surface area (Å²) in [5.41, 5.74) is 10.2. The van der Waals surface area contributed by atoms with Crippen molar-refractivity contribution in [3.63, 3.8) is 0 Å². The van der Waals surface area contributed by atoms with Gasteiger partial charge in [-0.05, 0) is 34.4 Å². The molecule has 1 aliphatic rings. The maximum absolute atomic E-state index is 10.4. The number of hydrogen-bond donors (Lipinski definition) is 3. The van der Waals surface area contributed by atoms with E-state index in [1.165, 1.54) is 0 Å². The highest BCUT2D eigenvalue weighted by atomic mass is 16.3. The van der Waals surface area contributed by atoms with Crippen LogP contribution in [0.25, 0.3) is 11.1 Å². The average Bonchev–Trinajstić information content (AvgIpc) is 2.72. The Labute approximate surface area is 111 Å². The topological polar surface area (TPSA) is 73.3 Å². The fourth-order valence-corrected chi connectivity index (χ4v) is 2.52. The van der Waals surface area contributed by atoms with Gasteiger partial charge in [0.25, 0.3) is 0 Å². The molecule has 0 saturated heterocycles. The summed E-state index contributed by atoms with van der Waals surface area (Å²) in [4.78, 5) is 1.58. The van der Waals surface area contributed by atoms with Crippen LogP contribution >= 0.6 is 0 Å². The fourth-order valence-electron chi connectivity index (χ4n) is 2.52. The molecule has 4 N–H and O–H groups in total. The number of hydrogen-bond acceptors (Lipinski definition) is 2. The van der Waals surface area contributed by atoms with Crippen molar-refractivity contribution in [2.45, 2.75) is 6.10 Å². The highest BCUT2D eigenvalue weighted by Gasteiger charge is 2.27. The lowest BCUT2D eigenvalue weighted by atomic mass is 10.1. The molecule has 0 fully saturated rings. The normalized spacial score (nSPS) is 15.8. The quantitative estimate of drug-likeness (QED) is 0.538. The van der Waals surface area contributed by atoms with E-state index in [0.29, 0.717) is 0 Å². The smallest absolute Gasteiger partial charge is 0.192 e. The number of aliphatic hydroxyl groups excluding tert-OH is 1. The SMILES string of the molecule is CN(C(=N)N)c1ccc2c(c1)C(O)c1ccccc1-2. The number of benzene rings is 2. The van der Waals surface area contributed by atoms with E-state index in [9.17, 15) is 5.11 Å². The number of guanidine groups is 1. The molecule has 2 aromatic carbocycles. The van der Waals surface area contributed by atoms with Crippen LogP contribution < -0.4 is 10.6 Å². The molecule has 3 rings (SSSR count). The van der Waals surface area contributed by atoms with Crippen molar-refractivity contribution in [3.05, 3.63) is 53.6 Å². The van der Waals surface area contributed by atoms with Crippen LogP contribution in [0.3, 0.4) is 0 Å². The lowest BCUT2D eigenvalue weighted by molar-refractivity contribution is 0.225. The van der Waals surface area contributed by atoms with E-state index in [4.69, 9.17) is 11.1 Å². The van der Waals surface area contributed by atoms with Gasteiger partial charge in [-0.3, -0.25) is 5.41 Å². The van der Waals surface area contributed by atoms with Gasteiger partial charge in [0.05, 0.1) is 0 Å². The number of nitrogens with zero attached hydrogens (tertiary/aromatic N) is 1. The molecule has 4 nitrogen and oxygen atoms in total. The van der Waals surface area contributed by atoms with Gasteiger partial charge in [-0.15, -0.1) is 0 Å². The highest BCUT2D eigenvalue weighted by Crippen LogP contribution is 2.44. The monoisotopic (exact) mass is 253 g/mol. The molecule has 0 amide bonds. The van der Waals surface area contributed by atoms with Crippen LogP contribution in [0.4, 0.5) is 5.69 Å². The number of anilines is 1. The summed E-state index contributed by atoms with van der Waals surface area (Å²) in [6.45, 7) is 0.